The van der Waals surface area contributed by atoms with Gasteiger partial charge in [0.05, 0.1) is 43.3 Å². The molecule has 1 aliphatic heterocycles. The Morgan fingerprint density at radius 3 is 2.34 bits per heavy atom. The van der Waals surface area contributed by atoms with E-state index in [-0.39, 0.29) is 36.6 Å². The summed E-state index contributed by atoms with van der Waals surface area (Å²) in [5.41, 5.74) is 4.01. The largest absolute Gasteiger partial charge is 0.378 e. The normalized spacial score (nSPS) is 13.4. The van der Waals surface area contributed by atoms with E-state index in [0.29, 0.717) is 63.9 Å². The molecule has 0 fully saturated rings. The SMILES string of the molecule is CNCCOCCn1nnc2c1-c1ccccc1CN(C(=O)CCC(=O)NCCC(C)(C)OCCC(C)(C)C(=O)NC(C)CC(C)C)c1ccccc1-2. The van der Waals surface area contributed by atoms with Crippen molar-refractivity contribution in [3.63, 3.8) is 0 Å². The highest BCUT2D eigenvalue weighted by atomic mass is 16.5. The van der Waals surface area contributed by atoms with Gasteiger partial charge < -0.3 is 30.3 Å². The van der Waals surface area contributed by atoms with Gasteiger partial charge in [0.2, 0.25) is 17.7 Å². The van der Waals surface area contributed by atoms with Crippen LogP contribution >= 0.6 is 0 Å². The Morgan fingerprint density at radius 1 is 0.887 bits per heavy atom. The minimum absolute atomic E-state index is 0.0344. The van der Waals surface area contributed by atoms with Gasteiger partial charge in [-0.05, 0) is 64.6 Å². The van der Waals surface area contributed by atoms with Gasteiger partial charge in [-0.2, -0.15) is 0 Å². The number of benzene rings is 2. The molecule has 12 heteroatoms. The molecule has 3 N–H and O–H groups in total. The average Bonchev–Trinajstić information content (AvgIpc) is 3.51. The third kappa shape index (κ3) is 11.9. The molecule has 0 saturated carbocycles. The maximum Gasteiger partial charge on any atom is 0.227 e. The predicted octanol–water partition coefficient (Wildman–Crippen LogP) is 5.74. The zero-order chi connectivity index (χ0) is 38.6. The number of ether oxygens (including phenoxy) is 2. The lowest BCUT2D eigenvalue weighted by Crippen LogP contribution is -2.43. The van der Waals surface area contributed by atoms with Gasteiger partial charge in [-0.1, -0.05) is 75.4 Å². The van der Waals surface area contributed by atoms with Crippen molar-refractivity contribution in [2.75, 3.05) is 44.9 Å². The molecule has 0 aliphatic carbocycles. The molecule has 1 atom stereocenters. The standard InChI is InChI=1S/C41H61N7O5/c1-29(2)27-30(3)44-39(51)40(4,5)20-24-53-41(6,7)19-21-43-35(49)17-18-36(50)47-28-31-13-9-10-14-32(31)38-37(33-15-11-12-16-34(33)47)45-46-48(38)23-26-52-25-22-42-8/h9-16,29-30,42H,17-28H2,1-8H3,(H,43,49)(H,44,51). The zero-order valence-electron chi connectivity index (χ0n) is 33.1. The Morgan fingerprint density at radius 2 is 1.60 bits per heavy atom. The number of hydrogen-bond acceptors (Lipinski definition) is 8. The van der Waals surface area contributed by atoms with Crippen molar-refractivity contribution in [1.29, 1.82) is 0 Å². The second-order valence-corrected chi connectivity index (χ2v) is 15.7. The second kappa shape index (κ2) is 19.3. The van der Waals surface area contributed by atoms with Crippen molar-refractivity contribution < 1.29 is 23.9 Å². The molecule has 290 valence electrons. The summed E-state index contributed by atoms with van der Waals surface area (Å²) in [6.07, 6.45) is 2.23. The van der Waals surface area contributed by atoms with Gasteiger partial charge >= 0.3 is 0 Å². The summed E-state index contributed by atoms with van der Waals surface area (Å²) >= 11 is 0. The van der Waals surface area contributed by atoms with Crippen LogP contribution in [-0.2, 0) is 36.9 Å². The van der Waals surface area contributed by atoms with E-state index in [1.54, 1.807) is 4.90 Å². The quantitative estimate of drug-likeness (QED) is 0.125. The molecule has 12 nitrogen and oxygen atoms in total. The summed E-state index contributed by atoms with van der Waals surface area (Å²) in [5, 5.41) is 18.3. The van der Waals surface area contributed by atoms with Crippen LogP contribution in [0.2, 0.25) is 0 Å². The lowest BCUT2D eigenvalue weighted by molar-refractivity contribution is -0.132. The smallest absolute Gasteiger partial charge is 0.227 e. The molecule has 0 spiro atoms. The van der Waals surface area contributed by atoms with Crippen LogP contribution in [0.4, 0.5) is 5.69 Å². The highest BCUT2D eigenvalue weighted by Crippen LogP contribution is 2.41. The van der Waals surface area contributed by atoms with Crippen molar-refractivity contribution in [3.05, 3.63) is 54.1 Å². The van der Waals surface area contributed by atoms with Crippen molar-refractivity contribution in [2.24, 2.45) is 11.3 Å². The number of nitrogens with one attached hydrogen (secondary N) is 3. The van der Waals surface area contributed by atoms with E-state index >= 15 is 0 Å². The molecule has 3 amide bonds. The van der Waals surface area contributed by atoms with Crippen LogP contribution in [0.25, 0.3) is 22.5 Å². The van der Waals surface area contributed by atoms with Gasteiger partial charge in [0.1, 0.15) is 5.69 Å². The molecule has 53 heavy (non-hydrogen) atoms. The maximum atomic E-state index is 13.9. The van der Waals surface area contributed by atoms with Crippen LogP contribution in [0.1, 0.15) is 86.1 Å². The van der Waals surface area contributed by atoms with E-state index in [1.807, 2.05) is 94.9 Å². The third-order valence-electron chi connectivity index (χ3n) is 9.68. The van der Waals surface area contributed by atoms with Crippen LogP contribution in [0.5, 0.6) is 0 Å². The Balaban J connectivity index is 1.33. The monoisotopic (exact) mass is 731 g/mol. The number of aromatic nitrogens is 3. The number of anilines is 1. The average molecular weight is 732 g/mol. The highest BCUT2D eigenvalue weighted by Gasteiger charge is 2.31. The lowest BCUT2D eigenvalue weighted by atomic mass is 9.88. The first-order valence-corrected chi connectivity index (χ1v) is 19.1. The van der Waals surface area contributed by atoms with Crippen LogP contribution in [0.15, 0.2) is 48.5 Å². The first-order valence-electron chi connectivity index (χ1n) is 19.1. The fourth-order valence-electron chi connectivity index (χ4n) is 6.52. The van der Waals surface area contributed by atoms with Crippen molar-refractivity contribution in [3.8, 4) is 22.5 Å². The number of fused-ring (bicyclic) bond motifs is 5. The topological polar surface area (TPSA) is 140 Å². The summed E-state index contributed by atoms with van der Waals surface area (Å²) in [5.74, 6) is 0.213. The summed E-state index contributed by atoms with van der Waals surface area (Å²) < 4.78 is 13.8. The number of para-hydroxylation sites is 1. The van der Waals surface area contributed by atoms with Gasteiger partial charge in [-0.15, -0.1) is 5.10 Å². The maximum absolute atomic E-state index is 13.9. The van der Waals surface area contributed by atoms with Crippen LogP contribution in [0.3, 0.4) is 0 Å². The predicted molar refractivity (Wildman–Crippen MR) is 209 cm³/mol. The van der Waals surface area contributed by atoms with Gasteiger partial charge in [0.25, 0.3) is 0 Å². The number of rotatable bonds is 20. The van der Waals surface area contributed by atoms with Crippen molar-refractivity contribution >= 4 is 23.4 Å². The minimum atomic E-state index is -0.556. The fraction of sp³-hybridized carbons (Fsp3) is 0.585. The van der Waals surface area contributed by atoms with Gasteiger partial charge in [-0.3, -0.25) is 14.4 Å². The number of amides is 3. The van der Waals surface area contributed by atoms with E-state index in [4.69, 9.17) is 9.47 Å². The Bertz CT molecular complexity index is 1670. The molecule has 0 saturated heterocycles. The molecular formula is C41H61N7O5. The van der Waals surface area contributed by atoms with Crippen LogP contribution in [0, 0.1) is 11.3 Å². The Kier molecular flexibility index (Phi) is 15.1. The molecule has 2 aromatic carbocycles. The number of carbonyl (C=O) groups excluding carboxylic acids is 3. The molecule has 0 bridgehead atoms. The summed E-state index contributed by atoms with van der Waals surface area (Å²) in [4.78, 5) is 41.5. The van der Waals surface area contributed by atoms with E-state index in [0.717, 1.165) is 41.0 Å². The lowest BCUT2D eigenvalue weighted by Gasteiger charge is -2.30. The van der Waals surface area contributed by atoms with Crippen LogP contribution < -0.4 is 20.9 Å². The molecule has 3 aromatic rings. The highest BCUT2D eigenvalue weighted by molar-refractivity contribution is 6.01. The second-order valence-electron chi connectivity index (χ2n) is 15.7. The summed E-state index contributed by atoms with van der Waals surface area (Å²) in [7, 11) is 1.89. The molecular weight excluding hydrogens is 670 g/mol. The number of nitrogens with zero attached hydrogens (tertiary/aromatic N) is 4. The fourth-order valence-corrected chi connectivity index (χ4v) is 6.52. The first kappa shape index (κ1) is 41.6. The summed E-state index contributed by atoms with van der Waals surface area (Å²) in [6.45, 7) is 17.8. The van der Waals surface area contributed by atoms with Crippen molar-refractivity contribution in [1.82, 2.24) is 30.9 Å². The Hall–Kier alpha value is -4.13. The Labute approximate surface area is 315 Å². The van der Waals surface area contributed by atoms with E-state index in [2.05, 4.69) is 40.1 Å². The zero-order valence-corrected chi connectivity index (χ0v) is 33.1. The van der Waals surface area contributed by atoms with Gasteiger partial charge in [0, 0.05) is 55.1 Å². The van der Waals surface area contributed by atoms with Gasteiger partial charge in [0.15, 0.2) is 0 Å². The van der Waals surface area contributed by atoms with Gasteiger partial charge in [-0.25, -0.2) is 4.68 Å². The molecule has 1 aromatic heterocycles. The molecule has 0 radical (unpaired) electrons. The van der Waals surface area contributed by atoms with E-state index < -0.39 is 11.0 Å². The molecule has 4 rings (SSSR count). The molecule has 2 heterocycles. The van der Waals surface area contributed by atoms with Crippen LogP contribution in [-0.4, -0.2) is 84.3 Å². The third-order valence-corrected chi connectivity index (χ3v) is 9.68. The number of carbonyl (C=O) groups is 3. The molecule has 1 aliphatic rings. The number of likely N-dealkylation sites (N-methyl/N-ethyl adjacent to an activating group) is 1. The minimum Gasteiger partial charge on any atom is -0.378 e. The first-order chi connectivity index (χ1) is 25.2. The summed E-state index contributed by atoms with van der Waals surface area (Å²) in [6, 6.07) is 15.9. The van der Waals surface area contributed by atoms with E-state index in [1.165, 1.54) is 0 Å². The van der Waals surface area contributed by atoms with Crippen molar-refractivity contribution in [2.45, 2.75) is 105 Å². The molecule has 1 unspecified atom stereocenters. The van der Waals surface area contributed by atoms with E-state index in [9.17, 15) is 14.4 Å². The number of hydrogen-bond donors (Lipinski definition) is 3.